The molecule has 0 aromatic heterocycles. The zero-order chi connectivity index (χ0) is 110. The normalized spacial score (nSPS) is 20.4. The predicted octanol–water partition coefficient (Wildman–Crippen LogP) is 37.8. The van der Waals surface area contributed by atoms with Crippen molar-refractivity contribution < 1.29 is 82.3 Å². The van der Waals surface area contributed by atoms with Crippen LogP contribution in [0.1, 0.15) is 651 Å². The van der Waals surface area contributed by atoms with Gasteiger partial charge in [-0.25, -0.2) is 14.4 Å². The van der Waals surface area contributed by atoms with Crippen molar-refractivity contribution in [2.45, 2.75) is 718 Å². The molecule has 2 aliphatic heterocycles. The lowest BCUT2D eigenvalue weighted by molar-refractivity contribution is -0.377. The number of ether oxygens (including phenoxy) is 8. The fourth-order valence-electron chi connectivity index (χ4n) is 23.5. The van der Waals surface area contributed by atoms with Gasteiger partial charge in [0.2, 0.25) is 12.6 Å². The second-order valence-corrected chi connectivity index (χ2v) is 49.0. The average molecular weight is 2120 g/mol. The zero-order valence-electron chi connectivity index (χ0n) is 101. The Morgan fingerprint density at radius 3 is 0.787 bits per heavy atom. The summed E-state index contributed by atoms with van der Waals surface area (Å²) < 4.78 is 52.2. The predicted molar refractivity (Wildman–Crippen MR) is 629 cm³/mol. The maximum Gasteiger partial charge on any atom is 0.333 e. The summed E-state index contributed by atoms with van der Waals surface area (Å²) in [6.07, 6.45) is 87.9. The summed E-state index contributed by atoms with van der Waals surface area (Å²) in [5, 5.41) is 49.6. The molecule has 2 saturated heterocycles. The van der Waals surface area contributed by atoms with Crippen molar-refractivity contribution in [3.63, 3.8) is 0 Å². The molecule has 0 aromatic carbocycles. The summed E-state index contributed by atoms with van der Waals surface area (Å²) in [6, 6.07) is 0. The maximum absolute atomic E-state index is 15.1. The number of rotatable bonds is 105. The first kappa shape index (κ1) is 142. The van der Waals surface area contributed by atoms with E-state index in [2.05, 4.69) is 83.1 Å². The highest BCUT2D eigenvalue weighted by atomic mass is 16.8. The van der Waals surface area contributed by atoms with Gasteiger partial charge in [-0.15, -0.1) is 0 Å². The number of hydrogen-bond acceptors (Lipinski definition) is 17. The van der Waals surface area contributed by atoms with Crippen LogP contribution in [0, 0.1) is 53.3 Å². The summed E-state index contributed by atoms with van der Waals surface area (Å²) in [7, 11) is 0. The molecule has 2 fully saturated rings. The van der Waals surface area contributed by atoms with Gasteiger partial charge in [0.25, 0.3) is 0 Å². The molecule has 150 heavy (non-hydrogen) atoms. The van der Waals surface area contributed by atoms with Crippen molar-refractivity contribution >= 4 is 29.8 Å². The van der Waals surface area contributed by atoms with Crippen LogP contribution in [0.15, 0.2) is 34.9 Å². The van der Waals surface area contributed by atoms with Gasteiger partial charge in [-0.1, -0.05) is 603 Å². The van der Waals surface area contributed by atoms with Gasteiger partial charge in [0.1, 0.15) is 31.0 Å². The van der Waals surface area contributed by atoms with Crippen LogP contribution < -0.4 is 0 Å². The number of allylic oxidation sites excluding steroid dienone is 3. The van der Waals surface area contributed by atoms with E-state index in [0.717, 1.165) is 109 Å². The second kappa shape index (κ2) is 97.3. The fourth-order valence-corrected chi connectivity index (χ4v) is 23.5. The lowest BCUT2D eigenvalue weighted by Crippen LogP contribution is -2.66. The quantitative estimate of drug-likeness (QED) is 0.0192. The molecular formula is C133H248O17. The molecular weight excluding hydrogens is 1870 g/mol. The van der Waals surface area contributed by atoms with Crippen molar-refractivity contribution in [2.75, 3.05) is 13.2 Å². The third kappa shape index (κ3) is 74.6. The van der Waals surface area contributed by atoms with E-state index in [1.54, 1.807) is 27.7 Å². The smallest absolute Gasteiger partial charge is 0.333 e. The van der Waals surface area contributed by atoms with Gasteiger partial charge in [0, 0.05) is 23.1 Å². The Bertz CT molecular complexity index is 3220. The number of aliphatic hydroxyl groups excluding tert-OH is 4. The van der Waals surface area contributed by atoms with Crippen LogP contribution in [-0.2, 0) is 61.9 Å². The summed E-state index contributed by atoms with van der Waals surface area (Å²) >= 11 is 0. The van der Waals surface area contributed by atoms with E-state index in [-0.39, 0.29) is 46.8 Å². The third-order valence-corrected chi connectivity index (χ3v) is 33.1. The SMILES string of the molecule is CCCCCCCCCCCCCCCCCCC[C@H](C)C[C@H](C)/C=C(\C)C(=O)O[C@H]1C(O)[C@H](OC(=O)/C(C)=C/[C@@H](C)C[C@@H](C)CCCCCCCCCCCCCCCC)C(CO)O[C@@H]1O[C@H]1OC(COC(=O)[C@@H](C)[C@@H](O)[C@@H](C)C[C@@H](C)CCCCCCCCCCCCCCCCCC)[C@@H](O)C(OC(=O)/C(C)=C/[C@@H](C)C[C@@H](C)CCCCCCCCCCCCCCCC)[C@H]1OC(=O)CCCCCCCCCCCCCCC. The van der Waals surface area contributed by atoms with Crippen molar-refractivity contribution in [3.8, 4) is 0 Å². The average Bonchev–Trinajstić information content (AvgIpc) is 0.768. The van der Waals surface area contributed by atoms with Gasteiger partial charge < -0.3 is 58.3 Å². The van der Waals surface area contributed by atoms with Crippen molar-refractivity contribution in [3.05, 3.63) is 34.9 Å². The van der Waals surface area contributed by atoms with E-state index < -0.39 is 116 Å². The number of carbonyl (C=O) groups excluding carboxylic acids is 5. The van der Waals surface area contributed by atoms with Gasteiger partial charge in [0.05, 0.1) is 18.6 Å². The van der Waals surface area contributed by atoms with E-state index >= 15 is 9.59 Å². The van der Waals surface area contributed by atoms with Crippen molar-refractivity contribution in [1.82, 2.24) is 0 Å². The minimum Gasteiger partial charge on any atom is -0.463 e. The lowest BCUT2D eigenvalue weighted by atomic mass is 9.85. The molecule has 0 aromatic rings. The summed E-state index contributed by atoms with van der Waals surface area (Å²) in [5.74, 6) is -3.89. The number of esters is 5. The van der Waals surface area contributed by atoms with E-state index in [0.29, 0.717) is 36.5 Å². The van der Waals surface area contributed by atoms with Gasteiger partial charge in [-0.3, -0.25) is 9.59 Å². The molecule has 4 N–H and O–H groups in total. The monoisotopic (exact) mass is 2120 g/mol. The molecule has 0 bridgehead atoms. The summed E-state index contributed by atoms with van der Waals surface area (Å²) in [5.41, 5.74) is 0.768. The van der Waals surface area contributed by atoms with Crippen molar-refractivity contribution in [1.29, 1.82) is 0 Å². The first-order valence-electron chi connectivity index (χ1n) is 65.3. The molecule has 17 heteroatoms. The van der Waals surface area contributed by atoms with Gasteiger partial charge in [-0.2, -0.15) is 0 Å². The van der Waals surface area contributed by atoms with Crippen LogP contribution >= 0.6 is 0 Å². The molecule has 0 saturated carbocycles. The highest BCUT2D eigenvalue weighted by molar-refractivity contribution is 5.89. The minimum atomic E-state index is -1.94. The molecule has 4 unspecified atom stereocenters. The summed E-state index contributed by atoms with van der Waals surface area (Å²) in [6.45, 7) is 33.7. The standard InChI is InChI=1S/C133H248O17/c1-18-23-28-33-38-43-48-53-57-59-61-65-69-74-79-84-89-94-108(8)99-112(12)103-116(16)130(141)149-126-123(138)124(147-128(139)114(14)101-110(10)97-106(6)92-87-82-77-72-67-63-55-50-45-40-35-30-25-20-3)118(104-134)144-132(126)150-133-127(146-120(135)96-91-86-81-76-71-62-52-47-42-37-32-27-22-5)125(148-129(140)115(15)102-111(11)98-107(7)93-88-83-78-73-68-64-56-51-46-41-36-31-26-21-4)122(137)119(145-133)105-143-131(142)117(17)121(136)113(13)100-109(9)95-90-85-80-75-70-66-60-58-54-49-44-39-34-29-24-19-2/h101-103,106-113,117-119,121-127,132-134,136-138H,18-100,104-105H2,1-17H3/b114-101+,115-102+,116-103+/t106-,107-,108-,109-,110-,111-,112-,113-,117-,118?,119?,121-,122+,123?,124+,125?,126-,127+,132+,133+/m0/s1. The van der Waals surface area contributed by atoms with Crippen LogP contribution in [0.4, 0.5) is 0 Å². The van der Waals surface area contributed by atoms with E-state index in [9.17, 15) is 34.8 Å². The number of hydrogen-bond donors (Lipinski definition) is 4. The van der Waals surface area contributed by atoms with Gasteiger partial charge in [0.15, 0.2) is 24.4 Å². The Balaban J connectivity index is 2.70. The molecule has 17 nitrogen and oxygen atoms in total. The molecule has 2 rings (SSSR count). The zero-order valence-corrected chi connectivity index (χ0v) is 101. The molecule has 0 spiro atoms. The Labute approximate surface area is 926 Å². The maximum atomic E-state index is 15.1. The third-order valence-electron chi connectivity index (χ3n) is 33.1. The van der Waals surface area contributed by atoms with Crippen LogP contribution in [0.3, 0.4) is 0 Å². The minimum absolute atomic E-state index is 0.0111. The van der Waals surface area contributed by atoms with Crippen LogP contribution in [0.25, 0.3) is 0 Å². The molecule has 882 valence electrons. The molecule has 20 atom stereocenters. The number of carbonyl (C=O) groups is 5. The molecule has 0 amide bonds. The molecule has 0 radical (unpaired) electrons. The summed E-state index contributed by atoms with van der Waals surface area (Å²) in [4.78, 5) is 74.3. The topological polar surface area (TPSA) is 240 Å². The largest absolute Gasteiger partial charge is 0.463 e. The van der Waals surface area contributed by atoms with Crippen molar-refractivity contribution in [2.24, 2.45) is 53.3 Å². The van der Waals surface area contributed by atoms with E-state index in [4.69, 9.17) is 37.9 Å². The highest BCUT2D eigenvalue weighted by Gasteiger charge is 2.56. The number of unbranched alkanes of at least 4 members (excludes halogenated alkanes) is 69. The Morgan fingerprint density at radius 1 is 0.280 bits per heavy atom. The molecule has 2 aliphatic rings. The first-order chi connectivity index (χ1) is 72.7. The fraction of sp³-hybridized carbons (Fsp3) is 0.917. The van der Waals surface area contributed by atoms with Gasteiger partial charge >= 0.3 is 29.8 Å². The van der Waals surface area contributed by atoms with Crippen LogP contribution in [0.2, 0.25) is 0 Å². The number of aliphatic hydroxyl groups is 4. The highest BCUT2D eigenvalue weighted by Crippen LogP contribution is 2.38. The van der Waals surface area contributed by atoms with E-state index in [1.165, 1.54) is 405 Å². The van der Waals surface area contributed by atoms with Crippen LogP contribution in [0.5, 0.6) is 0 Å². The Kier molecular flexibility index (Phi) is 92.4. The van der Waals surface area contributed by atoms with E-state index in [1.807, 2.05) is 25.2 Å². The Hall–Kier alpha value is -3.71. The Morgan fingerprint density at radius 2 is 0.513 bits per heavy atom. The first-order valence-corrected chi connectivity index (χ1v) is 65.3. The molecule has 2 heterocycles. The van der Waals surface area contributed by atoms with Crippen LogP contribution in [-0.4, -0.2) is 131 Å². The van der Waals surface area contributed by atoms with Gasteiger partial charge in [-0.05, 0) is 107 Å². The lowest BCUT2D eigenvalue weighted by Gasteiger charge is -2.47. The molecule has 0 aliphatic carbocycles. The second-order valence-electron chi connectivity index (χ2n) is 49.0.